The van der Waals surface area contributed by atoms with E-state index in [2.05, 4.69) is 23.4 Å². The number of aliphatic carboxylic acids is 1. The first-order valence-electron chi connectivity index (χ1n) is 5.52. The van der Waals surface area contributed by atoms with Gasteiger partial charge in [-0.25, -0.2) is 4.98 Å². The number of carboxylic acid groups (broad SMARTS) is 1. The molecule has 0 aliphatic carbocycles. The van der Waals surface area contributed by atoms with Gasteiger partial charge in [0, 0.05) is 18.0 Å². The fourth-order valence-corrected chi connectivity index (χ4v) is 2.99. The van der Waals surface area contributed by atoms with Crippen molar-refractivity contribution >= 4 is 29.5 Å². The second-order valence-corrected chi connectivity index (χ2v) is 6.02. The van der Waals surface area contributed by atoms with Crippen molar-refractivity contribution in [2.24, 2.45) is 0 Å². The van der Waals surface area contributed by atoms with Gasteiger partial charge in [-0.1, -0.05) is 18.7 Å². The van der Waals surface area contributed by atoms with E-state index < -0.39 is 5.97 Å². The molecule has 96 valence electrons. The van der Waals surface area contributed by atoms with Crippen LogP contribution >= 0.6 is 23.5 Å². The van der Waals surface area contributed by atoms with E-state index in [4.69, 9.17) is 5.11 Å². The summed E-state index contributed by atoms with van der Waals surface area (Å²) in [4.78, 5) is 14.9. The van der Waals surface area contributed by atoms with Crippen LogP contribution in [0, 0.1) is 6.92 Å². The summed E-state index contributed by atoms with van der Waals surface area (Å²) in [6.07, 6.45) is 1.99. The number of imidazole rings is 1. The Labute approximate surface area is 110 Å². The molecule has 17 heavy (non-hydrogen) atoms. The zero-order chi connectivity index (χ0) is 12.8. The molecule has 0 saturated carbocycles. The summed E-state index contributed by atoms with van der Waals surface area (Å²) in [5.41, 5.74) is 0.936. The van der Waals surface area contributed by atoms with Crippen LogP contribution in [0.5, 0.6) is 0 Å². The van der Waals surface area contributed by atoms with E-state index in [-0.39, 0.29) is 5.75 Å². The zero-order valence-corrected chi connectivity index (χ0v) is 12.0. The van der Waals surface area contributed by atoms with E-state index in [1.54, 1.807) is 0 Å². The standard InChI is InChI=1S/C11H18N2O2S2/c1-4-16-6-9(3)13-5-8(2)12-11(13)17-7-10(14)15/h5,9H,4,6-7H2,1-3H3,(H,14,15). The molecule has 0 spiro atoms. The molecule has 6 heteroatoms. The van der Waals surface area contributed by atoms with Gasteiger partial charge < -0.3 is 9.67 Å². The lowest BCUT2D eigenvalue weighted by molar-refractivity contribution is -0.133. The monoisotopic (exact) mass is 274 g/mol. The van der Waals surface area contributed by atoms with Gasteiger partial charge in [0.1, 0.15) is 0 Å². The Hall–Kier alpha value is -0.620. The second-order valence-electron chi connectivity index (χ2n) is 3.76. The smallest absolute Gasteiger partial charge is 0.313 e. The molecular formula is C11H18N2O2S2. The molecule has 0 bridgehead atoms. The van der Waals surface area contributed by atoms with Gasteiger partial charge in [0.2, 0.25) is 0 Å². The third-order valence-corrected chi connectivity index (χ3v) is 4.26. The molecule has 1 rings (SSSR count). The van der Waals surface area contributed by atoms with Gasteiger partial charge >= 0.3 is 5.97 Å². The number of aromatic nitrogens is 2. The van der Waals surface area contributed by atoms with Gasteiger partial charge in [-0.15, -0.1) is 0 Å². The number of aryl methyl sites for hydroxylation is 1. The van der Waals surface area contributed by atoms with Gasteiger partial charge in [0.15, 0.2) is 5.16 Å². The van der Waals surface area contributed by atoms with E-state index in [0.29, 0.717) is 6.04 Å². The lowest BCUT2D eigenvalue weighted by atomic mass is 10.4. The fraction of sp³-hybridized carbons (Fsp3) is 0.636. The summed E-state index contributed by atoms with van der Waals surface area (Å²) in [6.45, 7) is 6.20. The van der Waals surface area contributed by atoms with Crippen molar-refractivity contribution in [3.05, 3.63) is 11.9 Å². The van der Waals surface area contributed by atoms with Crippen molar-refractivity contribution in [1.29, 1.82) is 0 Å². The van der Waals surface area contributed by atoms with E-state index in [1.807, 2.05) is 24.9 Å². The molecule has 1 aromatic heterocycles. The number of rotatable bonds is 7. The Kier molecular flexibility index (Phi) is 5.91. The highest BCUT2D eigenvalue weighted by Crippen LogP contribution is 2.23. The number of hydrogen-bond acceptors (Lipinski definition) is 4. The Morgan fingerprint density at radius 1 is 1.65 bits per heavy atom. The lowest BCUT2D eigenvalue weighted by Crippen LogP contribution is -2.09. The minimum absolute atomic E-state index is 0.0596. The van der Waals surface area contributed by atoms with Crippen LogP contribution < -0.4 is 0 Å². The maximum Gasteiger partial charge on any atom is 0.313 e. The molecule has 0 aliphatic rings. The van der Waals surface area contributed by atoms with Crippen molar-refractivity contribution in [3.63, 3.8) is 0 Å². The maximum atomic E-state index is 10.6. The predicted molar refractivity (Wildman–Crippen MR) is 73.0 cm³/mol. The van der Waals surface area contributed by atoms with Crippen molar-refractivity contribution in [2.45, 2.75) is 32.0 Å². The molecule has 0 aliphatic heterocycles. The second kappa shape index (κ2) is 6.96. The van der Waals surface area contributed by atoms with E-state index in [0.717, 1.165) is 22.4 Å². The van der Waals surface area contributed by atoms with E-state index in [1.165, 1.54) is 11.8 Å². The van der Waals surface area contributed by atoms with Crippen LogP contribution in [0.2, 0.25) is 0 Å². The van der Waals surface area contributed by atoms with Crippen LogP contribution in [0.4, 0.5) is 0 Å². The summed E-state index contributed by atoms with van der Waals surface area (Å²) in [5.74, 6) is 1.37. The van der Waals surface area contributed by atoms with Crippen molar-refractivity contribution in [2.75, 3.05) is 17.3 Å². The predicted octanol–water partition coefficient (Wildman–Crippen LogP) is 2.68. The third-order valence-electron chi connectivity index (χ3n) is 2.18. The minimum Gasteiger partial charge on any atom is -0.481 e. The van der Waals surface area contributed by atoms with Crippen LogP contribution in [-0.4, -0.2) is 37.9 Å². The molecular weight excluding hydrogens is 256 g/mol. The molecule has 1 aromatic rings. The molecule has 1 atom stereocenters. The van der Waals surface area contributed by atoms with Gasteiger partial charge in [-0.2, -0.15) is 11.8 Å². The Morgan fingerprint density at radius 3 is 2.94 bits per heavy atom. The minimum atomic E-state index is -0.808. The Balaban J connectivity index is 2.72. The van der Waals surface area contributed by atoms with E-state index in [9.17, 15) is 4.79 Å². The lowest BCUT2D eigenvalue weighted by Gasteiger charge is -2.14. The molecule has 1 heterocycles. The van der Waals surface area contributed by atoms with Gasteiger partial charge in [0.05, 0.1) is 11.4 Å². The molecule has 1 unspecified atom stereocenters. The summed E-state index contributed by atoms with van der Waals surface area (Å²) in [7, 11) is 0. The van der Waals surface area contributed by atoms with Gasteiger partial charge in [-0.3, -0.25) is 4.79 Å². The first-order chi connectivity index (χ1) is 8.04. The van der Waals surface area contributed by atoms with Crippen LogP contribution in [-0.2, 0) is 4.79 Å². The number of nitrogens with zero attached hydrogens (tertiary/aromatic N) is 2. The molecule has 0 saturated heterocycles. The Morgan fingerprint density at radius 2 is 2.35 bits per heavy atom. The summed E-state index contributed by atoms with van der Waals surface area (Å²) in [6, 6.07) is 0.345. The molecule has 0 aromatic carbocycles. The first-order valence-corrected chi connectivity index (χ1v) is 7.66. The summed E-state index contributed by atoms with van der Waals surface area (Å²) in [5, 5.41) is 9.49. The molecule has 0 fully saturated rings. The van der Waals surface area contributed by atoms with Gasteiger partial charge in [0.25, 0.3) is 0 Å². The normalized spacial score (nSPS) is 12.6. The average molecular weight is 274 g/mol. The van der Waals surface area contributed by atoms with Crippen LogP contribution in [0.25, 0.3) is 0 Å². The topological polar surface area (TPSA) is 55.1 Å². The molecule has 0 amide bonds. The third kappa shape index (κ3) is 4.63. The van der Waals surface area contributed by atoms with Crippen LogP contribution in [0.3, 0.4) is 0 Å². The highest BCUT2D eigenvalue weighted by Gasteiger charge is 2.13. The van der Waals surface area contributed by atoms with Gasteiger partial charge in [-0.05, 0) is 19.6 Å². The summed E-state index contributed by atoms with van der Waals surface area (Å²) >= 11 is 3.16. The quantitative estimate of drug-likeness (QED) is 0.775. The average Bonchev–Trinajstić information content (AvgIpc) is 2.64. The van der Waals surface area contributed by atoms with E-state index >= 15 is 0 Å². The van der Waals surface area contributed by atoms with Crippen molar-refractivity contribution < 1.29 is 9.90 Å². The highest BCUT2D eigenvalue weighted by atomic mass is 32.2. The Bertz CT molecular complexity index is 380. The SMILES string of the molecule is CCSCC(C)n1cc(C)nc1SCC(=O)O. The highest BCUT2D eigenvalue weighted by molar-refractivity contribution is 7.99. The fourth-order valence-electron chi connectivity index (χ4n) is 1.41. The maximum absolute atomic E-state index is 10.6. The molecule has 0 radical (unpaired) electrons. The molecule has 4 nitrogen and oxygen atoms in total. The van der Waals surface area contributed by atoms with Crippen molar-refractivity contribution in [1.82, 2.24) is 9.55 Å². The number of carboxylic acids is 1. The first kappa shape index (κ1) is 14.4. The molecule has 1 N–H and O–H groups in total. The zero-order valence-electron chi connectivity index (χ0n) is 10.3. The largest absolute Gasteiger partial charge is 0.481 e. The number of thioether (sulfide) groups is 2. The number of carbonyl (C=O) groups is 1. The van der Waals surface area contributed by atoms with Crippen molar-refractivity contribution in [3.8, 4) is 0 Å². The number of hydrogen-bond donors (Lipinski definition) is 1. The van der Waals surface area contributed by atoms with Crippen LogP contribution in [0.1, 0.15) is 25.6 Å². The van der Waals surface area contributed by atoms with Crippen LogP contribution in [0.15, 0.2) is 11.4 Å². The summed E-state index contributed by atoms with van der Waals surface area (Å²) < 4.78 is 2.08.